The highest BCUT2D eigenvalue weighted by molar-refractivity contribution is 7.11. The predicted octanol–water partition coefficient (Wildman–Crippen LogP) is 4.08. The van der Waals surface area contributed by atoms with Gasteiger partial charge in [-0.15, -0.1) is 11.3 Å². The van der Waals surface area contributed by atoms with E-state index in [0.717, 1.165) is 22.7 Å². The summed E-state index contributed by atoms with van der Waals surface area (Å²) in [5.74, 6) is 0.515. The molecular formula is C20H23F3N4O2S. The minimum absolute atomic E-state index is 0.156. The molecule has 162 valence electrons. The van der Waals surface area contributed by atoms with Crippen LogP contribution < -0.4 is 10.5 Å². The van der Waals surface area contributed by atoms with Gasteiger partial charge in [-0.3, -0.25) is 9.98 Å². The van der Waals surface area contributed by atoms with Crippen molar-refractivity contribution in [3.63, 3.8) is 0 Å². The van der Waals surface area contributed by atoms with Crippen molar-refractivity contribution in [2.45, 2.75) is 50.2 Å². The largest absolute Gasteiger partial charge is 0.484 e. The molecule has 1 saturated heterocycles. The van der Waals surface area contributed by atoms with Crippen LogP contribution in [0.2, 0.25) is 0 Å². The van der Waals surface area contributed by atoms with E-state index in [1.54, 1.807) is 23.7 Å². The number of rotatable bonds is 6. The molecule has 10 heteroatoms. The second kappa shape index (κ2) is 8.14. The Morgan fingerprint density at radius 2 is 2.03 bits per heavy atom. The summed E-state index contributed by atoms with van der Waals surface area (Å²) < 4.78 is 48.7. The van der Waals surface area contributed by atoms with Crippen molar-refractivity contribution in [2.75, 3.05) is 19.8 Å². The van der Waals surface area contributed by atoms with Gasteiger partial charge in [-0.2, -0.15) is 13.2 Å². The molecule has 0 spiro atoms. The van der Waals surface area contributed by atoms with Gasteiger partial charge in [0.1, 0.15) is 27.8 Å². The molecule has 1 aliphatic heterocycles. The van der Waals surface area contributed by atoms with Crippen molar-refractivity contribution >= 4 is 17.2 Å². The summed E-state index contributed by atoms with van der Waals surface area (Å²) in [5, 5.41) is 0.856. The molecular weight excluding hydrogens is 417 g/mol. The molecule has 0 amide bonds. The fourth-order valence-corrected chi connectivity index (χ4v) is 4.47. The van der Waals surface area contributed by atoms with E-state index in [1.807, 2.05) is 6.92 Å². The fraction of sp³-hybridized carbons (Fsp3) is 0.550. The molecule has 2 N–H and O–H groups in total. The van der Waals surface area contributed by atoms with Crippen LogP contribution in [0, 0.1) is 6.92 Å². The number of aliphatic imine (C=N–C) groups is 1. The van der Waals surface area contributed by atoms with Crippen molar-refractivity contribution in [3.05, 3.63) is 39.6 Å². The van der Waals surface area contributed by atoms with Gasteiger partial charge in [-0.1, -0.05) is 0 Å². The number of pyridine rings is 1. The average Bonchev–Trinajstić information content (AvgIpc) is 3.46. The van der Waals surface area contributed by atoms with Crippen LogP contribution in [0.15, 0.2) is 23.5 Å². The molecule has 0 unspecified atom stereocenters. The third-order valence-electron chi connectivity index (χ3n) is 5.24. The van der Waals surface area contributed by atoms with Gasteiger partial charge in [0.25, 0.3) is 0 Å². The molecule has 2 aromatic heterocycles. The summed E-state index contributed by atoms with van der Waals surface area (Å²) in [6.07, 6.45) is 2.02. The van der Waals surface area contributed by atoms with Crippen LogP contribution in [0.4, 0.5) is 13.2 Å². The first-order chi connectivity index (χ1) is 14.3. The Kier molecular flexibility index (Phi) is 5.71. The van der Waals surface area contributed by atoms with Crippen molar-refractivity contribution < 1.29 is 22.6 Å². The molecule has 30 heavy (non-hydrogen) atoms. The topological polar surface area (TPSA) is 82.6 Å². The van der Waals surface area contributed by atoms with Crippen molar-refractivity contribution in [3.8, 4) is 5.75 Å². The van der Waals surface area contributed by atoms with E-state index >= 15 is 0 Å². The molecule has 2 fully saturated rings. The van der Waals surface area contributed by atoms with E-state index in [1.165, 1.54) is 6.07 Å². The van der Waals surface area contributed by atoms with E-state index in [0.29, 0.717) is 37.3 Å². The van der Waals surface area contributed by atoms with Gasteiger partial charge in [0, 0.05) is 55.0 Å². The molecule has 1 saturated carbocycles. The van der Waals surface area contributed by atoms with Gasteiger partial charge in [0.15, 0.2) is 6.61 Å². The number of amidine groups is 1. The SMILES string of the molecule is Cc1cnc(C2(N=C(N)c3cc(OCC(F)(F)F)c(C4CC4)cn3)CCOCC2)s1. The molecule has 2 aromatic rings. The van der Waals surface area contributed by atoms with Gasteiger partial charge in [0.05, 0.1) is 0 Å². The van der Waals surface area contributed by atoms with Crippen LogP contribution in [-0.2, 0) is 10.3 Å². The summed E-state index contributed by atoms with van der Waals surface area (Å²) in [6.45, 7) is 1.68. The second-order valence-corrected chi connectivity index (χ2v) is 8.94. The van der Waals surface area contributed by atoms with Crippen molar-refractivity contribution in [2.24, 2.45) is 10.7 Å². The Bertz CT molecular complexity index is 934. The number of thiazole rings is 1. The first-order valence-electron chi connectivity index (χ1n) is 9.82. The molecule has 0 bridgehead atoms. The summed E-state index contributed by atoms with van der Waals surface area (Å²) in [4.78, 5) is 14.7. The number of nitrogens with zero attached hydrogens (tertiary/aromatic N) is 3. The van der Waals surface area contributed by atoms with E-state index < -0.39 is 18.3 Å². The zero-order valence-electron chi connectivity index (χ0n) is 16.5. The predicted molar refractivity (Wildman–Crippen MR) is 107 cm³/mol. The normalized spacial score (nSPS) is 19.7. The van der Waals surface area contributed by atoms with Gasteiger partial charge in [-0.05, 0) is 25.7 Å². The Hall–Kier alpha value is -2.20. The summed E-state index contributed by atoms with van der Waals surface area (Å²) in [5.41, 5.74) is 6.66. The van der Waals surface area contributed by atoms with E-state index in [-0.39, 0.29) is 17.5 Å². The minimum atomic E-state index is -4.42. The zero-order chi connectivity index (χ0) is 21.4. The van der Waals surface area contributed by atoms with Crippen LogP contribution in [-0.4, -0.2) is 41.8 Å². The Morgan fingerprint density at radius 3 is 2.63 bits per heavy atom. The van der Waals surface area contributed by atoms with E-state index in [9.17, 15) is 13.2 Å². The highest BCUT2D eigenvalue weighted by Gasteiger charge is 2.38. The maximum Gasteiger partial charge on any atom is 0.422 e. The average molecular weight is 440 g/mol. The smallest absolute Gasteiger partial charge is 0.422 e. The highest BCUT2D eigenvalue weighted by atomic mass is 32.1. The first kappa shape index (κ1) is 21.0. The second-order valence-electron chi connectivity index (χ2n) is 7.70. The molecule has 0 atom stereocenters. The number of alkyl halides is 3. The van der Waals surface area contributed by atoms with Crippen molar-refractivity contribution in [1.29, 1.82) is 0 Å². The number of hydrogen-bond donors (Lipinski definition) is 1. The highest BCUT2D eigenvalue weighted by Crippen LogP contribution is 2.44. The van der Waals surface area contributed by atoms with Gasteiger partial charge >= 0.3 is 6.18 Å². The monoisotopic (exact) mass is 440 g/mol. The van der Waals surface area contributed by atoms with Crippen LogP contribution >= 0.6 is 11.3 Å². The third kappa shape index (κ3) is 4.75. The van der Waals surface area contributed by atoms with Gasteiger partial charge < -0.3 is 15.2 Å². The molecule has 0 aromatic carbocycles. The Morgan fingerprint density at radius 1 is 1.30 bits per heavy atom. The summed E-state index contributed by atoms with van der Waals surface area (Å²) in [7, 11) is 0. The molecule has 4 rings (SSSR count). The molecule has 3 heterocycles. The minimum Gasteiger partial charge on any atom is -0.484 e. The number of aryl methyl sites for hydroxylation is 1. The maximum absolute atomic E-state index is 12.7. The lowest BCUT2D eigenvalue weighted by atomic mass is 9.91. The zero-order valence-corrected chi connectivity index (χ0v) is 17.4. The van der Waals surface area contributed by atoms with Crippen LogP contribution in [0.25, 0.3) is 0 Å². The summed E-state index contributed by atoms with van der Waals surface area (Å²) in [6, 6.07) is 1.47. The van der Waals surface area contributed by atoms with Crippen LogP contribution in [0.5, 0.6) is 5.75 Å². The number of aromatic nitrogens is 2. The fourth-order valence-electron chi connectivity index (χ4n) is 3.51. The summed E-state index contributed by atoms with van der Waals surface area (Å²) >= 11 is 1.56. The number of halogens is 3. The Labute approximate surface area is 176 Å². The number of hydrogen-bond acceptors (Lipinski definition) is 6. The van der Waals surface area contributed by atoms with E-state index in [2.05, 4.69) is 9.97 Å². The number of ether oxygens (including phenoxy) is 2. The molecule has 6 nitrogen and oxygen atoms in total. The van der Waals surface area contributed by atoms with Gasteiger partial charge in [0.2, 0.25) is 0 Å². The molecule has 1 aliphatic carbocycles. The van der Waals surface area contributed by atoms with E-state index in [4.69, 9.17) is 20.2 Å². The number of nitrogens with two attached hydrogens (primary N) is 1. The molecule has 2 aliphatic rings. The van der Waals surface area contributed by atoms with Gasteiger partial charge in [-0.25, -0.2) is 4.98 Å². The van der Waals surface area contributed by atoms with Crippen molar-refractivity contribution in [1.82, 2.24) is 9.97 Å². The maximum atomic E-state index is 12.7. The lowest BCUT2D eigenvalue weighted by Crippen LogP contribution is -2.34. The van der Waals surface area contributed by atoms with Crippen LogP contribution in [0.1, 0.15) is 52.7 Å². The molecule has 0 radical (unpaired) electrons. The van der Waals surface area contributed by atoms with Crippen LogP contribution in [0.3, 0.4) is 0 Å². The lowest BCUT2D eigenvalue weighted by molar-refractivity contribution is -0.153. The Balaban J connectivity index is 1.66. The lowest BCUT2D eigenvalue weighted by Gasteiger charge is -2.32. The standard InChI is InChI=1S/C20H23F3N4O2S/c1-12-9-26-18(30-12)19(4-6-28-7-5-19)27-17(24)15-8-16(29-11-20(21,22)23)14(10-25-15)13-2-3-13/h8-10,13H,2-7,11H2,1H3,(H2,24,27). The quantitative estimate of drug-likeness (QED) is 0.541. The third-order valence-corrected chi connectivity index (χ3v) is 6.35. The first-order valence-corrected chi connectivity index (χ1v) is 10.6.